The summed E-state index contributed by atoms with van der Waals surface area (Å²) in [7, 11) is 0. The largest absolute Gasteiger partial charge is 0.348 e. The Morgan fingerprint density at radius 3 is 2.67 bits per heavy atom. The third-order valence-electron chi connectivity index (χ3n) is 2.59. The van der Waals surface area contributed by atoms with Gasteiger partial charge in [-0.05, 0) is 18.6 Å². The summed E-state index contributed by atoms with van der Waals surface area (Å²) in [4.78, 5) is 15.7. The number of aryl methyl sites for hydroxylation is 1. The number of aromatic nitrogens is 1. The van der Waals surface area contributed by atoms with Crippen LogP contribution in [0.1, 0.15) is 21.5 Å². The van der Waals surface area contributed by atoms with Crippen molar-refractivity contribution in [3.8, 4) is 0 Å². The van der Waals surface area contributed by atoms with Crippen LogP contribution < -0.4 is 5.32 Å². The molecule has 0 aliphatic rings. The Hall–Kier alpha value is -1.87. The van der Waals surface area contributed by atoms with Crippen LogP contribution >= 0.6 is 11.6 Å². The molecule has 0 radical (unpaired) electrons. The van der Waals surface area contributed by atoms with Gasteiger partial charge in [0.05, 0.1) is 10.6 Å². The molecule has 0 saturated heterocycles. The molecule has 1 amide bonds. The number of benzene rings is 1. The van der Waals surface area contributed by atoms with Gasteiger partial charge in [-0.25, -0.2) is 0 Å². The Kier molecular flexibility index (Phi) is 3.95. The lowest BCUT2D eigenvalue weighted by Crippen LogP contribution is -2.23. The van der Waals surface area contributed by atoms with Crippen LogP contribution in [0.5, 0.6) is 0 Å². The van der Waals surface area contributed by atoms with Crippen LogP contribution in [0.3, 0.4) is 0 Å². The lowest BCUT2D eigenvalue weighted by Gasteiger charge is -2.06. The first-order valence-corrected chi connectivity index (χ1v) is 5.98. The van der Waals surface area contributed by atoms with E-state index in [0.717, 1.165) is 5.56 Å². The molecule has 0 saturated carbocycles. The summed E-state index contributed by atoms with van der Waals surface area (Å²) >= 11 is 5.90. The summed E-state index contributed by atoms with van der Waals surface area (Å²) in [6, 6.07) is 9.61. The van der Waals surface area contributed by atoms with Crippen LogP contribution in [-0.2, 0) is 6.54 Å². The van der Waals surface area contributed by atoms with E-state index < -0.39 is 0 Å². The molecule has 0 spiro atoms. The number of rotatable bonds is 3. The highest BCUT2D eigenvalue weighted by atomic mass is 35.5. The van der Waals surface area contributed by atoms with E-state index in [1.54, 1.807) is 12.3 Å². The van der Waals surface area contributed by atoms with E-state index in [-0.39, 0.29) is 5.91 Å². The predicted molar refractivity (Wildman–Crippen MR) is 71.6 cm³/mol. The molecule has 0 bridgehead atoms. The summed E-state index contributed by atoms with van der Waals surface area (Å²) < 4.78 is 0. The standard InChI is InChI=1S/C14H13ClN2O/c1-10-2-4-11(5-3-10)8-17-14(18)12-6-7-16-9-13(12)15/h2-7,9H,8H2,1H3,(H,17,18). The van der Waals surface area contributed by atoms with Crippen molar-refractivity contribution >= 4 is 17.5 Å². The van der Waals surface area contributed by atoms with Crippen molar-refractivity contribution < 1.29 is 4.79 Å². The number of hydrogen-bond acceptors (Lipinski definition) is 2. The molecule has 0 unspecified atom stereocenters. The van der Waals surface area contributed by atoms with E-state index in [0.29, 0.717) is 17.1 Å². The van der Waals surface area contributed by atoms with E-state index in [1.165, 1.54) is 11.8 Å². The molecule has 0 aliphatic heterocycles. The Morgan fingerprint density at radius 2 is 2.00 bits per heavy atom. The van der Waals surface area contributed by atoms with Crippen LogP contribution in [-0.4, -0.2) is 10.9 Å². The molecule has 1 aromatic heterocycles. The van der Waals surface area contributed by atoms with Gasteiger partial charge in [0.25, 0.3) is 5.91 Å². The summed E-state index contributed by atoms with van der Waals surface area (Å²) in [6.45, 7) is 2.51. The van der Waals surface area contributed by atoms with Crippen molar-refractivity contribution in [1.29, 1.82) is 0 Å². The van der Waals surface area contributed by atoms with Crippen LogP contribution in [0.25, 0.3) is 0 Å². The Labute approximate surface area is 111 Å². The van der Waals surface area contributed by atoms with E-state index in [1.807, 2.05) is 31.2 Å². The lowest BCUT2D eigenvalue weighted by atomic mass is 10.1. The zero-order chi connectivity index (χ0) is 13.0. The first-order chi connectivity index (χ1) is 8.66. The predicted octanol–water partition coefficient (Wildman–Crippen LogP) is 2.97. The Balaban J connectivity index is 2.01. The molecule has 3 nitrogen and oxygen atoms in total. The summed E-state index contributed by atoms with van der Waals surface area (Å²) in [6.07, 6.45) is 3.01. The molecular weight excluding hydrogens is 248 g/mol. The minimum Gasteiger partial charge on any atom is -0.348 e. The topological polar surface area (TPSA) is 42.0 Å². The summed E-state index contributed by atoms with van der Waals surface area (Å²) in [5.41, 5.74) is 2.69. The number of hydrogen-bond donors (Lipinski definition) is 1. The highest BCUT2D eigenvalue weighted by Crippen LogP contribution is 2.13. The molecule has 1 heterocycles. The zero-order valence-corrected chi connectivity index (χ0v) is 10.7. The maximum atomic E-state index is 11.9. The first kappa shape index (κ1) is 12.6. The van der Waals surface area contributed by atoms with Gasteiger partial charge in [-0.3, -0.25) is 9.78 Å². The fourth-order valence-corrected chi connectivity index (χ4v) is 1.75. The fourth-order valence-electron chi connectivity index (χ4n) is 1.54. The maximum absolute atomic E-state index is 11.9. The third-order valence-corrected chi connectivity index (χ3v) is 2.89. The molecule has 4 heteroatoms. The van der Waals surface area contributed by atoms with Crippen molar-refractivity contribution in [3.63, 3.8) is 0 Å². The van der Waals surface area contributed by atoms with Crippen molar-refractivity contribution in [3.05, 3.63) is 64.4 Å². The molecule has 92 valence electrons. The SMILES string of the molecule is Cc1ccc(CNC(=O)c2ccncc2Cl)cc1. The minimum atomic E-state index is -0.192. The van der Waals surface area contributed by atoms with Crippen LogP contribution in [0.15, 0.2) is 42.7 Å². The number of amides is 1. The van der Waals surface area contributed by atoms with Gasteiger partial charge in [-0.2, -0.15) is 0 Å². The molecule has 0 fully saturated rings. The van der Waals surface area contributed by atoms with E-state index in [9.17, 15) is 4.79 Å². The quantitative estimate of drug-likeness (QED) is 0.922. The molecule has 1 N–H and O–H groups in total. The van der Waals surface area contributed by atoms with Gasteiger partial charge >= 0.3 is 0 Å². The van der Waals surface area contributed by atoms with Gasteiger partial charge in [0.1, 0.15) is 0 Å². The molecule has 1 aromatic carbocycles. The smallest absolute Gasteiger partial charge is 0.253 e. The number of carbonyl (C=O) groups is 1. The van der Waals surface area contributed by atoms with Crippen LogP contribution in [0.4, 0.5) is 0 Å². The fraction of sp³-hybridized carbons (Fsp3) is 0.143. The Bertz CT molecular complexity index is 552. The van der Waals surface area contributed by atoms with Gasteiger partial charge in [-0.15, -0.1) is 0 Å². The van der Waals surface area contributed by atoms with E-state index >= 15 is 0 Å². The number of nitrogens with one attached hydrogen (secondary N) is 1. The van der Waals surface area contributed by atoms with E-state index in [4.69, 9.17) is 11.6 Å². The summed E-state index contributed by atoms with van der Waals surface area (Å²) in [5, 5.41) is 3.18. The molecule has 2 rings (SSSR count). The van der Waals surface area contributed by atoms with Crippen molar-refractivity contribution in [1.82, 2.24) is 10.3 Å². The van der Waals surface area contributed by atoms with Crippen molar-refractivity contribution in [2.45, 2.75) is 13.5 Å². The monoisotopic (exact) mass is 260 g/mol. The molecule has 18 heavy (non-hydrogen) atoms. The highest BCUT2D eigenvalue weighted by Gasteiger charge is 2.09. The van der Waals surface area contributed by atoms with Gasteiger partial charge in [0, 0.05) is 18.9 Å². The van der Waals surface area contributed by atoms with Crippen molar-refractivity contribution in [2.24, 2.45) is 0 Å². The number of carbonyl (C=O) groups excluding carboxylic acids is 1. The first-order valence-electron chi connectivity index (χ1n) is 5.60. The second-order valence-electron chi connectivity index (χ2n) is 4.02. The number of halogens is 1. The molecule has 0 aliphatic carbocycles. The molecular formula is C14H13ClN2O. The van der Waals surface area contributed by atoms with Crippen LogP contribution in [0, 0.1) is 6.92 Å². The normalized spacial score (nSPS) is 10.1. The zero-order valence-electron chi connectivity index (χ0n) is 9.98. The second-order valence-corrected chi connectivity index (χ2v) is 4.43. The Morgan fingerprint density at radius 1 is 1.28 bits per heavy atom. The van der Waals surface area contributed by atoms with E-state index in [2.05, 4.69) is 10.3 Å². The van der Waals surface area contributed by atoms with Crippen molar-refractivity contribution in [2.75, 3.05) is 0 Å². The van der Waals surface area contributed by atoms with Gasteiger partial charge in [0.2, 0.25) is 0 Å². The minimum absolute atomic E-state index is 0.192. The number of nitrogens with zero attached hydrogens (tertiary/aromatic N) is 1. The molecule has 2 aromatic rings. The lowest BCUT2D eigenvalue weighted by molar-refractivity contribution is 0.0951. The van der Waals surface area contributed by atoms with Crippen LogP contribution in [0.2, 0.25) is 5.02 Å². The summed E-state index contributed by atoms with van der Waals surface area (Å²) in [5.74, 6) is -0.192. The number of pyridine rings is 1. The highest BCUT2D eigenvalue weighted by molar-refractivity contribution is 6.33. The average Bonchev–Trinajstić information content (AvgIpc) is 2.38. The molecule has 0 atom stereocenters. The van der Waals surface area contributed by atoms with Gasteiger partial charge in [-0.1, -0.05) is 41.4 Å². The third kappa shape index (κ3) is 3.08. The average molecular weight is 261 g/mol. The van der Waals surface area contributed by atoms with Gasteiger partial charge in [0.15, 0.2) is 0 Å². The maximum Gasteiger partial charge on any atom is 0.253 e. The second kappa shape index (κ2) is 5.65. The van der Waals surface area contributed by atoms with Gasteiger partial charge < -0.3 is 5.32 Å².